The Morgan fingerprint density at radius 3 is 2.55 bits per heavy atom. The van der Waals surface area contributed by atoms with Crippen LogP contribution in [0.15, 0.2) is 59.5 Å². The highest BCUT2D eigenvalue weighted by molar-refractivity contribution is 7.90. The van der Waals surface area contributed by atoms with Crippen LogP contribution < -0.4 is 15.4 Å². The summed E-state index contributed by atoms with van der Waals surface area (Å²) < 4.78 is 46.2. The standard InChI is InChI=1S/C39H48ClN5O10S/c1-24-11-7-8-15-32(24)56(51,52)43-35(48)39-20-26(39)13-6-5-9-17-53-18-16-30(41-36(49)55-38(2,3)4)34(47)45-22-27(19-31(45)33(46)42-39)54-37(50)44-21-25-12-10-14-29(40)28(25)23-44/h6-8,10-15,26-27,30-31H,5,9,16-23H2,1-4H3,(H,41,49)(H,42,46)(H,43,48)/b13-6-/t26-,27-,30+,31+,39-/m1/s1. The Hall–Kier alpha value is -4.67. The number of carbonyl (C=O) groups is 5. The number of nitrogens with zero attached hydrogens (tertiary/aromatic N) is 2. The first-order valence-electron chi connectivity index (χ1n) is 18.7. The molecule has 56 heavy (non-hydrogen) atoms. The predicted molar refractivity (Wildman–Crippen MR) is 204 cm³/mol. The number of allylic oxidation sites excluding steroid dienone is 1. The summed E-state index contributed by atoms with van der Waals surface area (Å²) >= 11 is 6.37. The molecular formula is C39H48ClN5O10S. The quantitative estimate of drug-likeness (QED) is 0.371. The molecule has 6 rings (SSSR count). The lowest BCUT2D eigenvalue weighted by atomic mass is 10.1. The van der Waals surface area contributed by atoms with Crippen LogP contribution in [0.3, 0.4) is 0 Å². The highest BCUT2D eigenvalue weighted by Crippen LogP contribution is 2.46. The van der Waals surface area contributed by atoms with Crippen molar-refractivity contribution in [3.63, 3.8) is 0 Å². The summed E-state index contributed by atoms with van der Waals surface area (Å²) in [6, 6.07) is 9.14. The van der Waals surface area contributed by atoms with Crippen molar-refractivity contribution < 1.29 is 46.6 Å². The van der Waals surface area contributed by atoms with Gasteiger partial charge in [0.1, 0.15) is 29.3 Å². The fourth-order valence-electron chi connectivity index (χ4n) is 7.29. The number of fused-ring (bicyclic) bond motifs is 3. The smallest absolute Gasteiger partial charge is 0.410 e. The molecular weight excluding hydrogens is 766 g/mol. The Bertz CT molecular complexity index is 2020. The number of sulfonamides is 1. The summed E-state index contributed by atoms with van der Waals surface area (Å²) in [5.41, 5.74) is -0.423. The minimum atomic E-state index is -4.33. The van der Waals surface area contributed by atoms with Crippen LogP contribution in [0.2, 0.25) is 5.02 Å². The summed E-state index contributed by atoms with van der Waals surface area (Å²) in [5.74, 6) is -2.89. The first-order valence-corrected chi connectivity index (χ1v) is 20.5. The Kier molecular flexibility index (Phi) is 12.0. The van der Waals surface area contributed by atoms with E-state index in [1.54, 1.807) is 64.1 Å². The molecule has 3 aliphatic heterocycles. The molecule has 2 fully saturated rings. The molecule has 0 aromatic heterocycles. The van der Waals surface area contributed by atoms with Gasteiger partial charge in [0.15, 0.2) is 0 Å². The SMILES string of the molecule is Cc1ccccc1S(=O)(=O)NC(=O)[C@@]12C[C@H]1/C=C\CCCOCC[C@H](NC(=O)OC(C)(C)C)C(=O)N1C[C@H](OC(=O)N3Cc4cccc(Cl)c4C3)C[C@H]1C(=O)N2. The van der Waals surface area contributed by atoms with Crippen molar-refractivity contribution in [1.29, 1.82) is 0 Å². The summed E-state index contributed by atoms with van der Waals surface area (Å²) in [6.07, 6.45) is 2.33. The first kappa shape index (κ1) is 41.0. The van der Waals surface area contributed by atoms with Crippen molar-refractivity contribution in [2.45, 2.75) is 107 Å². The molecule has 15 nitrogen and oxygen atoms in total. The van der Waals surface area contributed by atoms with E-state index in [0.717, 1.165) is 11.1 Å². The van der Waals surface area contributed by atoms with Gasteiger partial charge in [-0.25, -0.2) is 22.7 Å². The number of rotatable bonds is 5. The number of aryl methyl sites for hydroxylation is 1. The average Bonchev–Trinajstić information content (AvgIpc) is 3.41. The largest absolute Gasteiger partial charge is 0.444 e. The Morgan fingerprint density at radius 1 is 1.05 bits per heavy atom. The van der Waals surface area contributed by atoms with E-state index in [1.807, 2.05) is 12.1 Å². The topological polar surface area (TPSA) is 190 Å². The second-order valence-electron chi connectivity index (χ2n) is 15.6. The maximum atomic E-state index is 14.4. The van der Waals surface area contributed by atoms with Gasteiger partial charge in [-0.2, -0.15) is 0 Å². The second kappa shape index (κ2) is 16.4. The number of ether oxygens (including phenoxy) is 3. The number of benzene rings is 2. The summed E-state index contributed by atoms with van der Waals surface area (Å²) in [4.78, 5) is 71.8. The van der Waals surface area contributed by atoms with Gasteiger partial charge in [-0.15, -0.1) is 0 Å². The van der Waals surface area contributed by atoms with Crippen LogP contribution >= 0.6 is 11.6 Å². The van der Waals surface area contributed by atoms with Crippen molar-refractivity contribution in [2.24, 2.45) is 5.92 Å². The number of nitrogens with one attached hydrogen (secondary N) is 3. The number of alkyl carbamates (subject to hydrolysis) is 1. The van der Waals surface area contributed by atoms with Crippen molar-refractivity contribution in [3.8, 4) is 0 Å². The van der Waals surface area contributed by atoms with Crippen LogP contribution in [0.5, 0.6) is 0 Å². The van der Waals surface area contributed by atoms with Crippen molar-refractivity contribution in [3.05, 3.63) is 76.3 Å². The van der Waals surface area contributed by atoms with E-state index in [4.69, 9.17) is 25.8 Å². The second-order valence-corrected chi connectivity index (χ2v) is 17.7. The first-order chi connectivity index (χ1) is 26.5. The monoisotopic (exact) mass is 813 g/mol. The van der Waals surface area contributed by atoms with Gasteiger partial charge in [0.05, 0.1) is 18.0 Å². The van der Waals surface area contributed by atoms with Gasteiger partial charge < -0.3 is 29.7 Å². The zero-order valence-corrected chi connectivity index (χ0v) is 33.4. The maximum absolute atomic E-state index is 14.4. The zero-order valence-electron chi connectivity index (χ0n) is 31.8. The molecule has 0 bridgehead atoms. The molecule has 1 saturated heterocycles. The lowest BCUT2D eigenvalue weighted by molar-refractivity contribution is -0.141. The lowest BCUT2D eigenvalue weighted by Crippen LogP contribution is -2.58. The van der Waals surface area contributed by atoms with Crippen LogP contribution in [0, 0.1) is 12.8 Å². The molecule has 0 radical (unpaired) electrons. The van der Waals surface area contributed by atoms with Crippen LogP contribution in [0.4, 0.5) is 9.59 Å². The zero-order chi connectivity index (χ0) is 40.4. The molecule has 0 unspecified atom stereocenters. The molecule has 2 aromatic rings. The number of hydrogen-bond donors (Lipinski definition) is 3. The third-order valence-corrected chi connectivity index (χ3v) is 12.1. The minimum Gasteiger partial charge on any atom is -0.444 e. The molecule has 3 heterocycles. The van der Waals surface area contributed by atoms with Crippen molar-refractivity contribution >= 4 is 51.5 Å². The molecule has 2 aromatic carbocycles. The Morgan fingerprint density at radius 2 is 1.82 bits per heavy atom. The van der Waals surface area contributed by atoms with Gasteiger partial charge in [0.25, 0.3) is 15.9 Å². The molecule has 5 atom stereocenters. The van der Waals surface area contributed by atoms with Crippen LogP contribution in [-0.4, -0.2) is 97.2 Å². The van der Waals surface area contributed by atoms with Gasteiger partial charge in [0, 0.05) is 43.5 Å². The summed E-state index contributed by atoms with van der Waals surface area (Å²) in [7, 11) is -4.33. The van der Waals surface area contributed by atoms with Crippen LogP contribution in [-0.2, 0) is 51.7 Å². The molecule has 302 valence electrons. The van der Waals surface area contributed by atoms with E-state index in [1.165, 1.54) is 15.9 Å². The van der Waals surface area contributed by atoms with E-state index < -0.39 is 75.2 Å². The van der Waals surface area contributed by atoms with Gasteiger partial charge in [-0.3, -0.25) is 19.3 Å². The highest BCUT2D eigenvalue weighted by atomic mass is 35.5. The Balaban J connectivity index is 1.28. The van der Waals surface area contributed by atoms with Crippen molar-refractivity contribution in [2.75, 3.05) is 19.8 Å². The molecule has 1 saturated carbocycles. The van der Waals surface area contributed by atoms with Crippen molar-refractivity contribution in [1.82, 2.24) is 25.2 Å². The molecule has 4 aliphatic rings. The van der Waals surface area contributed by atoms with E-state index in [0.29, 0.717) is 30.0 Å². The number of halogens is 1. The third-order valence-electron chi connectivity index (χ3n) is 10.2. The fourth-order valence-corrected chi connectivity index (χ4v) is 8.83. The summed E-state index contributed by atoms with van der Waals surface area (Å²) in [5, 5.41) is 5.95. The predicted octanol–water partition coefficient (Wildman–Crippen LogP) is 4.10. The molecule has 3 N–H and O–H groups in total. The normalized spacial score (nSPS) is 26.2. The lowest BCUT2D eigenvalue weighted by Gasteiger charge is -2.30. The summed E-state index contributed by atoms with van der Waals surface area (Å²) in [6.45, 7) is 7.37. The maximum Gasteiger partial charge on any atom is 0.410 e. The molecule has 0 spiro atoms. The van der Waals surface area contributed by atoms with Crippen LogP contribution in [0.1, 0.15) is 69.6 Å². The number of carbonyl (C=O) groups excluding carboxylic acids is 5. The van der Waals surface area contributed by atoms with Gasteiger partial charge >= 0.3 is 12.2 Å². The van der Waals surface area contributed by atoms with Gasteiger partial charge in [-0.05, 0) is 75.8 Å². The number of amides is 5. The number of hydrogen-bond acceptors (Lipinski definition) is 10. The molecule has 17 heteroatoms. The van der Waals surface area contributed by atoms with E-state index in [-0.39, 0.29) is 50.4 Å². The van der Waals surface area contributed by atoms with E-state index >= 15 is 0 Å². The average molecular weight is 814 g/mol. The third kappa shape index (κ3) is 9.30. The molecule has 1 aliphatic carbocycles. The molecule has 5 amide bonds. The fraction of sp³-hybridized carbons (Fsp3) is 0.513. The van der Waals surface area contributed by atoms with Gasteiger partial charge in [0.2, 0.25) is 11.8 Å². The van der Waals surface area contributed by atoms with E-state index in [9.17, 15) is 32.4 Å². The highest BCUT2D eigenvalue weighted by Gasteiger charge is 2.62. The Labute approximate surface area is 331 Å². The van der Waals surface area contributed by atoms with E-state index in [2.05, 4.69) is 15.4 Å². The van der Waals surface area contributed by atoms with Crippen LogP contribution in [0.25, 0.3) is 0 Å². The van der Waals surface area contributed by atoms with Gasteiger partial charge in [-0.1, -0.05) is 54.1 Å². The minimum absolute atomic E-state index is 0.0428.